The quantitative estimate of drug-likeness (QED) is 0.261. The van der Waals surface area contributed by atoms with Crippen LogP contribution in [0.25, 0.3) is 39.8 Å². The molecule has 5 rings (SSSR count). The van der Waals surface area contributed by atoms with Crippen molar-refractivity contribution in [3.63, 3.8) is 0 Å². The Kier molecular flexibility index (Phi) is 5.97. The molecule has 5 aromatic rings. The van der Waals surface area contributed by atoms with Crippen LogP contribution >= 0.6 is 11.7 Å². The van der Waals surface area contributed by atoms with Gasteiger partial charge in [-0.2, -0.15) is 8.75 Å². The Labute approximate surface area is 200 Å². The molecule has 0 amide bonds. The summed E-state index contributed by atoms with van der Waals surface area (Å²) in [4.78, 5) is 25.0. The number of aromatic nitrogens is 5. The minimum absolute atomic E-state index is 0.0102. The van der Waals surface area contributed by atoms with Crippen LogP contribution in [0.1, 0.15) is 22.6 Å². The highest BCUT2D eigenvalue weighted by Crippen LogP contribution is 2.31. The first kappa shape index (κ1) is 21.7. The number of pyridine rings is 1. The molecule has 0 aliphatic heterocycles. The van der Waals surface area contributed by atoms with Crippen molar-refractivity contribution in [3.05, 3.63) is 89.4 Å². The Morgan fingerprint density at radius 1 is 1.00 bits per heavy atom. The molecule has 0 spiro atoms. The maximum atomic E-state index is 12.3. The number of aryl methyl sites for hydroxylation is 2. The van der Waals surface area contributed by atoms with Gasteiger partial charge in [-0.15, -0.1) is 0 Å². The zero-order valence-electron chi connectivity index (χ0n) is 18.6. The third-order valence-electron chi connectivity index (χ3n) is 5.36. The SMILES string of the molecule is Cc1cccc(-c2[nH]c(COC(=O)/C=C/c3ccccc3C)nc2-c2ccc3nsnc3c2)n1. The lowest BCUT2D eigenvalue weighted by Crippen LogP contribution is -2.02. The van der Waals surface area contributed by atoms with Crippen molar-refractivity contribution < 1.29 is 9.53 Å². The Bertz CT molecular complexity index is 1520. The summed E-state index contributed by atoms with van der Waals surface area (Å²) < 4.78 is 14.1. The van der Waals surface area contributed by atoms with Crippen molar-refractivity contribution in [2.45, 2.75) is 20.5 Å². The van der Waals surface area contributed by atoms with Crippen LogP contribution in [0.4, 0.5) is 0 Å². The fraction of sp³-hybridized carbons (Fsp3) is 0.115. The number of aromatic amines is 1. The average Bonchev–Trinajstić information content (AvgIpc) is 3.49. The van der Waals surface area contributed by atoms with Gasteiger partial charge in [-0.3, -0.25) is 4.98 Å². The van der Waals surface area contributed by atoms with Gasteiger partial charge in [0.15, 0.2) is 0 Å². The van der Waals surface area contributed by atoms with Crippen molar-refractivity contribution >= 4 is 34.8 Å². The predicted molar refractivity (Wildman–Crippen MR) is 133 cm³/mol. The topological polar surface area (TPSA) is 93.7 Å². The number of rotatable bonds is 6. The number of esters is 1. The van der Waals surface area contributed by atoms with Crippen LogP contribution in [0.5, 0.6) is 0 Å². The first-order valence-electron chi connectivity index (χ1n) is 10.7. The number of carbonyl (C=O) groups excluding carboxylic acids is 1. The highest BCUT2D eigenvalue weighted by atomic mass is 32.1. The van der Waals surface area contributed by atoms with Gasteiger partial charge in [-0.25, -0.2) is 9.78 Å². The number of fused-ring (bicyclic) bond motifs is 1. The van der Waals surface area contributed by atoms with Gasteiger partial charge in [0.1, 0.15) is 23.5 Å². The molecule has 0 saturated carbocycles. The maximum absolute atomic E-state index is 12.3. The van der Waals surface area contributed by atoms with Gasteiger partial charge in [0.25, 0.3) is 0 Å². The fourth-order valence-corrected chi connectivity index (χ4v) is 4.13. The lowest BCUT2D eigenvalue weighted by molar-refractivity contribution is -0.139. The van der Waals surface area contributed by atoms with Crippen LogP contribution in [-0.2, 0) is 16.1 Å². The lowest BCUT2D eigenvalue weighted by atomic mass is 10.1. The summed E-state index contributed by atoms with van der Waals surface area (Å²) >= 11 is 1.18. The van der Waals surface area contributed by atoms with E-state index in [1.54, 1.807) is 6.08 Å². The van der Waals surface area contributed by atoms with Crippen LogP contribution in [0, 0.1) is 13.8 Å². The number of benzene rings is 2. The Morgan fingerprint density at radius 2 is 1.85 bits per heavy atom. The zero-order chi connectivity index (χ0) is 23.5. The molecule has 0 saturated heterocycles. The second kappa shape index (κ2) is 9.36. The van der Waals surface area contributed by atoms with E-state index in [0.717, 1.165) is 50.5 Å². The number of ether oxygens (including phenoxy) is 1. The summed E-state index contributed by atoms with van der Waals surface area (Å²) in [5.41, 5.74) is 7.72. The normalized spacial score (nSPS) is 11.4. The van der Waals surface area contributed by atoms with Gasteiger partial charge in [0, 0.05) is 17.3 Å². The molecule has 8 heteroatoms. The smallest absolute Gasteiger partial charge is 0.331 e. The van der Waals surface area contributed by atoms with Crippen molar-refractivity contribution in [1.82, 2.24) is 23.7 Å². The Morgan fingerprint density at radius 3 is 2.71 bits per heavy atom. The van der Waals surface area contributed by atoms with E-state index in [2.05, 4.69) is 18.7 Å². The van der Waals surface area contributed by atoms with E-state index in [1.807, 2.05) is 74.5 Å². The summed E-state index contributed by atoms with van der Waals surface area (Å²) in [6.45, 7) is 3.95. The third-order valence-corrected chi connectivity index (χ3v) is 5.92. The number of imidazole rings is 1. The van der Waals surface area contributed by atoms with Gasteiger partial charge in [-0.1, -0.05) is 36.4 Å². The lowest BCUT2D eigenvalue weighted by Gasteiger charge is -2.03. The van der Waals surface area contributed by atoms with Crippen molar-refractivity contribution in [2.24, 2.45) is 0 Å². The minimum Gasteiger partial charge on any atom is -0.454 e. The molecule has 0 atom stereocenters. The second-order valence-electron chi connectivity index (χ2n) is 7.84. The molecule has 168 valence electrons. The molecule has 3 aromatic heterocycles. The van der Waals surface area contributed by atoms with Gasteiger partial charge in [0.2, 0.25) is 0 Å². The molecule has 34 heavy (non-hydrogen) atoms. The molecule has 0 radical (unpaired) electrons. The van der Waals surface area contributed by atoms with Gasteiger partial charge < -0.3 is 9.72 Å². The van der Waals surface area contributed by atoms with E-state index in [4.69, 9.17) is 9.72 Å². The van der Waals surface area contributed by atoms with E-state index in [1.165, 1.54) is 17.8 Å². The molecule has 2 aromatic carbocycles. The van der Waals surface area contributed by atoms with Crippen molar-refractivity contribution in [3.8, 4) is 22.6 Å². The van der Waals surface area contributed by atoms with E-state index in [-0.39, 0.29) is 6.61 Å². The second-order valence-corrected chi connectivity index (χ2v) is 8.37. The van der Waals surface area contributed by atoms with Crippen molar-refractivity contribution in [1.29, 1.82) is 0 Å². The maximum Gasteiger partial charge on any atom is 0.331 e. The standard InChI is InChI=1S/C26H21N5O2S/c1-16-6-3-4-8-18(16)11-13-24(32)33-15-23-28-25(19-10-12-20-22(14-19)31-34-30-20)26(29-23)21-9-5-7-17(2)27-21/h3-14H,15H2,1-2H3,(H,28,29)/b13-11+. The van der Waals surface area contributed by atoms with E-state index >= 15 is 0 Å². The number of hydrogen-bond acceptors (Lipinski definition) is 7. The predicted octanol–water partition coefficient (Wildman–Crippen LogP) is 5.52. The molecule has 0 aliphatic carbocycles. The Hall–Kier alpha value is -4.17. The molecule has 7 nitrogen and oxygen atoms in total. The minimum atomic E-state index is -0.439. The summed E-state index contributed by atoms with van der Waals surface area (Å²) in [7, 11) is 0. The van der Waals surface area contributed by atoms with Crippen LogP contribution in [-0.4, -0.2) is 29.7 Å². The highest BCUT2D eigenvalue weighted by Gasteiger charge is 2.17. The summed E-state index contributed by atoms with van der Waals surface area (Å²) in [5, 5.41) is 0. The molecule has 0 aliphatic rings. The number of H-pyrrole nitrogens is 1. The van der Waals surface area contributed by atoms with Crippen LogP contribution < -0.4 is 0 Å². The summed E-state index contributed by atoms with van der Waals surface area (Å²) in [5.74, 6) is 0.0915. The number of nitrogens with one attached hydrogen (secondary N) is 1. The highest BCUT2D eigenvalue weighted by molar-refractivity contribution is 7.00. The first-order chi connectivity index (χ1) is 16.6. The molecular formula is C26H21N5O2S. The zero-order valence-corrected chi connectivity index (χ0v) is 19.5. The average molecular weight is 468 g/mol. The monoisotopic (exact) mass is 467 g/mol. The van der Waals surface area contributed by atoms with E-state index in [9.17, 15) is 4.79 Å². The molecule has 0 unspecified atom stereocenters. The molecule has 0 fully saturated rings. The summed E-state index contributed by atoms with van der Waals surface area (Å²) in [6.07, 6.45) is 3.18. The number of carbonyl (C=O) groups is 1. The first-order valence-corrected chi connectivity index (χ1v) is 11.5. The fourth-order valence-electron chi connectivity index (χ4n) is 3.62. The Balaban J connectivity index is 1.42. The third kappa shape index (κ3) is 4.62. The largest absolute Gasteiger partial charge is 0.454 e. The van der Waals surface area contributed by atoms with Gasteiger partial charge in [-0.05, 0) is 55.3 Å². The van der Waals surface area contributed by atoms with Crippen LogP contribution in [0.2, 0.25) is 0 Å². The van der Waals surface area contributed by atoms with Gasteiger partial charge in [0.05, 0.1) is 28.8 Å². The number of nitrogens with zero attached hydrogens (tertiary/aromatic N) is 4. The molecule has 0 bridgehead atoms. The number of hydrogen-bond donors (Lipinski definition) is 1. The van der Waals surface area contributed by atoms with E-state index < -0.39 is 5.97 Å². The van der Waals surface area contributed by atoms with Gasteiger partial charge >= 0.3 is 5.97 Å². The van der Waals surface area contributed by atoms with Crippen LogP contribution in [0.15, 0.2) is 66.7 Å². The van der Waals surface area contributed by atoms with Crippen LogP contribution in [0.3, 0.4) is 0 Å². The molecular weight excluding hydrogens is 446 g/mol. The van der Waals surface area contributed by atoms with Crippen molar-refractivity contribution in [2.75, 3.05) is 0 Å². The summed E-state index contributed by atoms with van der Waals surface area (Å²) in [6, 6.07) is 19.5. The van der Waals surface area contributed by atoms with E-state index in [0.29, 0.717) is 5.82 Å². The molecule has 1 N–H and O–H groups in total. The molecule has 3 heterocycles.